The number of hydrogen-bond acceptors (Lipinski definition) is 2. The van der Waals surface area contributed by atoms with Gasteiger partial charge in [0, 0.05) is 18.7 Å². The Morgan fingerprint density at radius 3 is 2.20 bits per heavy atom. The van der Waals surface area contributed by atoms with Crippen molar-refractivity contribution in [3.05, 3.63) is 0 Å². The molecule has 0 aliphatic carbocycles. The quantitative estimate of drug-likeness (QED) is 0.621. The second kappa shape index (κ2) is 3.94. The van der Waals surface area contributed by atoms with Crippen LogP contribution in [0, 0.1) is 5.92 Å². The molecule has 62 valence electrons. The lowest BCUT2D eigenvalue weighted by Crippen LogP contribution is -2.39. The third kappa shape index (κ3) is 6.05. The Labute approximate surface area is 63.6 Å². The average Bonchev–Trinajstić information content (AvgIpc) is 1.81. The predicted octanol–water partition coefficient (Wildman–Crippen LogP) is 1.00. The molecule has 0 bridgehead atoms. The molecule has 0 heterocycles. The zero-order valence-electron chi connectivity index (χ0n) is 7.44. The first-order valence-corrected chi connectivity index (χ1v) is 3.81. The van der Waals surface area contributed by atoms with Gasteiger partial charge in [0.25, 0.3) is 0 Å². The smallest absolute Gasteiger partial charge is 0.0468 e. The van der Waals surface area contributed by atoms with Gasteiger partial charge >= 0.3 is 0 Å². The fraction of sp³-hybridized carbons (Fsp3) is 1.00. The lowest BCUT2D eigenvalue weighted by molar-refractivity contribution is 0.224. The Morgan fingerprint density at radius 1 is 1.40 bits per heavy atom. The molecule has 0 saturated carbocycles. The highest BCUT2D eigenvalue weighted by molar-refractivity contribution is 4.71. The molecule has 1 unspecified atom stereocenters. The van der Waals surface area contributed by atoms with Gasteiger partial charge in [0.2, 0.25) is 0 Å². The van der Waals surface area contributed by atoms with Crippen molar-refractivity contribution in [1.29, 1.82) is 0 Å². The Balaban J connectivity index is 3.36. The molecule has 2 nitrogen and oxygen atoms in total. The molecule has 0 aromatic heterocycles. The van der Waals surface area contributed by atoms with Crippen LogP contribution in [0.1, 0.15) is 27.7 Å². The van der Waals surface area contributed by atoms with Crippen molar-refractivity contribution >= 4 is 0 Å². The summed E-state index contributed by atoms with van der Waals surface area (Å²) in [7, 11) is 0. The number of nitrogens with one attached hydrogen (secondary N) is 1. The normalized spacial score (nSPS) is 15.3. The molecular formula is C8H19NO. The van der Waals surface area contributed by atoms with Crippen molar-refractivity contribution in [1.82, 2.24) is 5.32 Å². The van der Waals surface area contributed by atoms with Crippen molar-refractivity contribution in [3.63, 3.8) is 0 Å². The highest BCUT2D eigenvalue weighted by Gasteiger charge is 2.09. The molecule has 0 amide bonds. The van der Waals surface area contributed by atoms with E-state index in [2.05, 4.69) is 26.1 Å². The number of rotatable bonds is 3. The fourth-order valence-electron chi connectivity index (χ4n) is 0.545. The molecular weight excluding hydrogens is 126 g/mol. The van der Waals surface area contributed by atoms with Gasteiger partial charge in [-0.25, -0.2) is 0 Å². The Bertz CT molecular complexity index is 85.7. The van der Waals surface area contributed by atoms with E-state index in [0.29, 0.717) is 5.92 Å². The SMILES string of the molecule is CC(CO)CNC(C)(C)C. The molecule has 0 radical (unpaired) electrons. The Hall–Kier alpha value is -0.0800. The van der Waals surface area contributed by atoms with E-state index in [1.807, 2.05) is 6.92 Å². The topological polar surface area (TPSA) is 32.3 Å². The van der Waals surface area contributed by atoms with Crippen molar-refractivity contribution < 1.29 is 5.11 Å². The van der Waals surface area contributed by atoms with Crippen molar-refractivity contribution in [2.45, 2.75) is 33.2 Å². The summed E-state index contributed by atoms with van der Waals surface area (Å²) in [6, 6.07) is 0. The van der Waals surface area contributed by atoms with E-state index < -0.39 is 0 Å². The summed E-state index contributed by atoms with van der Waals surface area (Å²) in [5.41, 5.74) is 0.170. The first-order chi connectivity index (χ1) is 4.45. The van der Waals surface area contributed by atoms with E-state index in [-0.39, 0.29) is 12.1 Å². The van der Waals surface area contributed by atoms with Crippen LogP contribution in [0.4, 0.5) is 0 Å². The van der Waals surface area contributed by atoms with Crippen LogP contribution in [-0.2, 0) is 0 Å². The van der Waals surface area contributed by atoms with Gasteiger partial charge in [-0.1, -0.05) is 6.92 Å². The minimum atomic E-state index is 0.170. The molecule has 0 aliphatic rings. The first kappa shape index (κ1) is 9.92. The van der Waals surface area contributed by atoms with Gasteiger partial charge in [0.05, 0.1) is 0 Å². The molecule has 0 aromatic carbocycles. The lowest BCUT2D eigenvalue weighted by atomic mass is 10.1. The zero-order valence-corrected chi connectivity index (χ0v) is 7.44. The summed E-state index contributed by atoms with van der Waals surface area (Å²) in [5, 5.41) is 12.0. The van der Waals surface area contributed by atoms with Crippen LogP contribution in [0.3, 0.4) is 0 Å². The number of hydrogen-bond donors (Lipinski definition) is 2. The molecule has 0 spiro atoms. The second-order valence-corrected chi connectivity index (χ2v) is 3.92. The van der Waals surface area contributed by atoms with Crippen LogP contribution >= 0.6 is 0 Å². The minimum Gasteiger partial charge on any atom is -0.396 e. The molecule has 1 atom stereocenters. The van der Waals surface area contributed by atoms with Crippen LogP contribution < -0.4 is 5.32 Å². The van der Waals surface area contributed by atoms with E-state index in [1.54, 1.807) is 0 Å². The Morgan fingerprint density at radius 2 is 1.90 bits per heavy atom. The highest BCUT2D eigenvalue weighted by Crippen LogP contribution is 2.00. The number of aliphatic hydroxyl groups excluding tert-OH is 1. The maximum Gasteiger partial charge on any atom is 0.0468 e. The summed E-state index contributed by atoms with van der Waals surface area (Å²) >= 11 is 0. The maximum atomic E-state index is 8.69. The van der Waals surface area contributed by atoms with Crippen LogP contribution in [0.15, 0.2) is 0 Å². The van der Waals surface area contributed by atoms with E-state index in [0.717, 1.165) is 6.54 Å². The van der Waals surface area contributed by atoms with E-state index in [4.69, 9.17) is 5.11 Å². The summed E-state index contributed by atoms with van der Waals surface area (Å²) in [6.45, 7) is 9.55. The summed E-state index contributed by atoms with van der Waals surface area (Å²) in [5.74, 6) is 0.360. The van der Waals surface area contributed by atoms with Crippen molar-refractivity contribution in [2.24, 2.45) is 5.92 Å². The van der Waals surface area contributed by atoms with Crippen molar-refractivity contribution in [3.8, 4) is 0 Å². The van der Waals surface area contributed by atoms with Gasteiger partial charge in [-0.3, -0.25) is 0 Å². The molecule has 2 N–H and O–H groups in total. The summed E-state index contributed by atoms with van der Waals surface area (Å²) < 4.78 is 0. The van der Waals surface area contributed by atoms with Gasteiger partial charge in [0.1, 0.15) is 0 Å². The van der Waals surface area contributed by atoms with Gasteiger partial charge in [-0.05, 0) is 26.7 Å². The standard InChI is InChI=1S/C8H19NO/c1-7(6-10)5-9-8(2,3)4/h7,9-10H,5-6H2,1-4H3. The molecule has 2 heteroatoms. The monoisotopic (exact) mass is 145 g/mol. The van der Waals surface area contributed by atoms with Gasteiger partial charge in [-0.15, -0.1) is 0 Å². The minimum absolute atomic E-state index is 0.170. The average molecular weight is 145 g/mol. The van der Waals surface area contributed by atoms with E-state index in [9.17, 15) is 0 Å². The van der Waals surface area contributed by atoms with Gasteiger partial charge < -0.3 is 10.4 Å². The molecule has 0 aliphatic heterocycles. The third-order valence-electron chi connectivity index (χ3n) is 1.29. The Kier molecular flexibility index (Phi) is 3.91. The third-order valence-corrected chi connectivity index (χ3v) is 1.29. The zero-order chi connectivity index (χ0) is 8.20. The summed E-state index contributed by atoms with van der Waals surface area (Å²) in [6.07, 6.45) is 0. The first-order valence-electron chi connectivity index (χ1n) is 3.81. The highest BCUT2D eigenvalue weighted by atomic mass is 16.3. The number of aliphatic hydroxyl groups is 1. The van der Waals surface area contributed by atoms with Crippen LogP contribution in [0.2, 0.25) is 0 Å². The second-order valence-electron chi connectivity index (χ2n) is 3.92. The van der Waals surface area contributed by atoms with E-state index in [1.165, 1.54) is 0 Å². The molecule has 0 rings (SSSR count). The maximum absolute atomic E-state index is 8.69. The predicted molar refractivity (Wildman–Crippen MR) is 44.0 cm³/mol. The fourth-order valence-corrected chi connectivity index (χ4v) is 0.545. The molecule has 0 fully saturated rings. The van der Waals surface area contributed by atoms with Crippen molar-refractivity contribution in [2.75, 3.05) is 13.2 Å². The lowest BCUT2D eigenvalue weighted by Gasteiger charge is -2.22. The van der Waals surface area contributed by atoms with Gasteiger partial charge in [-0.2, -0.15) is 0 Å². The summed E-state index contributed by atoms with van der Waals surface area (Å²) in [4.78, 5) is 0. The molecule has 10 heavy (non-hydrogen) atoms. The molecule has 0 saturated heterocycles. The molecule has 0 aromatic rings. The van der Waals surface area contributed by atoms with Crippen LogP contribution in [-0.4, -0.2) is 23.8 Å². The largest absolute Gasteiger partial charge is 0.396 e. The van der Waals surface area contributed by atoms with Gasteiger partial charge in [0.15, 0.2) is 0 Å². The van der Waals surface area contributed by atoms with Crippen LogP contribution in [0.25, 0.3) is 0 Å². The van der Waals surface area contributed by atoms with Crippen LogP contribution in [0.5, 0.6) is 0 Å². The van der Waals surface area contributed by atoms with E-state index >= 15 is 0 Å².